The van der Waals surface area contributed by atoms with Crippen LogP contribution in [0.5, 0.6) is 0 Å². The summed E-state index contributed by atoms with van der Waals surface area (Å²) in [4.78, 5) is 26.1. The number of aromatic nitrogens is 6. The van der Waals surface area contributed by atoms with Crippen molar-refractivity contribution in [3.63, 3.8) is 0 Å². The molecule has 1 aliphatic heterocycles. The fourth-order valence-electron chi connectivity index (χ4n) is 11.0. The summed E-state index contributed by atoms with van der Waals surface area (Å²) in [6, 6.07) is 78.3. The van der Waals surface area contributed by atoms with Crippen molar-refractivity contribution in [2.24, 2.45) is 0 Å². The van der Waals surface area contributed by atoms with Crippen molar-refractivity contribution in [2.75, 3.05) is 0 Å². The van der Waals surface area contributed by atoms with Crippen molar-refractivity contribution < 1.29 is 18.1 Å². The van der Waals surface area contributed by atoms with E-state index in [-0.39, 0.29) is 23.6 Å². The molecule has 1 fully saturated rings. The average Bonchev–Trinajstić information content (AvgIpc) is 1.64. The number of halogens is 1. The predicted octanol–water partition coefficient (Wildman–Crippen LogP) is 34.9. The van der Waals surface area contributed by atoms with Crippen LogP contribution in [0.4, 0.5) is 0 Å². The van der Waals surface area contributed by atoms with Crippen LogP contribution in [0.3, 0.4) is 0 Å². The second-order valence-electron chi connectivity index (χ2n) is 23.1. The molecule has 0 saturated carbocycles. The second kappa shape index (κ2) is 62.7. The Bertz CT molecular complexity index is 5120. The van der Waals surface area contributed by atoms with Gasteiger partial charge < -0.3 is 18.1 Å². The molecule has 6 aromatic heterocycles. The van der Waals surface area contributed by atoms with Gasteiger partial charge in [0.1, 0.15) is 34.0 Å². The summed E-state index contributed by atoms with van der Waals surface area (Å²) in [5, 5.41) is 10.1. The number of thiophene rings is 2. The van der Waals surface area contributed by atoms with Crippen molar-refractivity contribution in [1.29, 1.82) is 0 Å². The lowest BCUT2D eigenvalue weighted by Gasteiger charge is -2.32. The molecule has 1 saturated heterocycles. The fraction of sp³-hybridized carbons (Fsp3) is 0.365. The minimum atomic E-state index is -0.256. The quantitative estimate of drug-likeness (QED) is 0.157. The Labute approximate surface area is 727 Å². The summed E-state index contributed by atoms with van der Waals surface area (Å²) >= 11 is 9.67. The summed E-state index contributed by atoms with van der Waals surface area (Å²) in [5.41, 5.74) is 9.47. The molecular formula is C104H146BClN6O4S2. The number of hydrogen-bond donors (Lipinski definition) is 0. The molecule has 0 radical (unpaired) electrons. The van der Waals surface area contributed by atoms with E-state index in [1.165, 1.54) is 51.5 Å². The van der Waals surface area contributed by atoms with Crippen LogP contribution in [-0.4, -0.2) is 48.2 Å². The Morgan fingerprint density at radius 3 is 0.941 bits per heavy atom. The topological polar surface area (TPSA) is 122 Å². The van der Waals surface area contributed by atoms with Gasteiger partial charge in [0.25, 0.3) is 0 Å². The monoisotopic (exact) mass is 1650 g/mol. The molecule has 0 amide bonds. The van der Waals surface area contributed by atoms with Gasteiger partial charge >= 0.3 is 7.12 Å². The zero-order chi connectivity index (χ0) is 90.1. The molecule has 0 unspecified atom stereocenters. The van der Waals surface area contributed by atoms with Crippen molar-refractivity contribution in [2.45, 2.75) is 260 Å². The zero-order valence-corrected chi connectivity index (χ0v) is 81.4. The highest BCUT2D eigenvalue weighted by molar-refractivity contribution is 7.26. The first-order chi connectivity index (χ1) is 57.6. The van der Waals surface area contributed by atoms with Gasteiger partial charge in [0.15, 0.2) is 17.5 Å². The van der Waals surface area contributed by atoms with Crippen LogP contribution >= 0.6 is 34.3 Å². The highest BCUT2D eigenvalue weighted by Gasteiger charge is 2.51. The lowest BCUT2D eigenvalue weighted by atomic mass is 9.79. The largest absolute Gasteiger partial charge is 0.494 e. The van der Waals surface area contributed by atoms with E-state index in [2.05, 4.69) is 169 Å². The van der Waals surface area contributed by atoms with E-state index >= 15 is 0 Å². The number of aryl methyl sites for hydroxylation is 4. The SMILES string of the molecule is CC.CC.CC.CC.CC.CC.CC.CC.CC.CC.CC.CC.CC.CC.CC1(C)OB(c2ccccc2)OC1(C)C.Cc1cccc2c1sc1ccccc12.Cc1cccc2c1sc1ccccc12.Cc1nc(-c2ccccc2)nc(-c2ccc3c(c2)oc2ccccc23)n1.Cc1nc(Cl)nc(-c2ccc3c(c2)oc2ccccc23)n1. The predicted molar refractivity (Wildman–Crippen MR) is 534 cm³/mol. The maximum atomic E-state index is 5.99. The average molecular weight is 1650 g/mol. The van der Waals surface area contributed by atoms with Crippen LogP contribution < -0.4 is 5.46 Å². The van der Waals surface area contributed by atoms with E-state index in [0.29, 0.717) is 29.1 Å². The van der Waals surface area contributed by atoms with E-state index in [1.807, 2.05) is 357 Å². The molecule has 0 aliphatic carbocycles. The van der Waals surface area contributed by atoms with Crippen LogP contribution in [-0.2, 0) is 9.31 Å². The van der Waals surface area contributed by atoms with Gasteiger partial charge in [-0.15, -0.1) is 22.7 Å². The molecule has 10 aromatic carbocycles. The minimum absolute atomic E-state index is 0.196. The molecule has 0 spiro atoms. The maximum absolute atomic E-state index is 5.99. The van der Waals surface area contributed by atoms with Crippen LogP contribution in [0.15, 0.2) is 239 Å². The lowest BCUT2D eigenvalue weighted by molar-refractivity contribution is 0.00578. The number of para-hydroxylation sites is 2. The van der Waals surface area contributed by atoms with Crippen LogP contribution in [0.25, 0.3) is 118 Å². The van der Waals surface area contributed by atoms with Gasteiger partial charge in [0.2, 0.25) is 5.28 Å². The minimum Gasteiger partial charge on any atom is -0.456 e. The Balaban J connectivity index is 0. The van der Waals surface area contributed by atoms with Gasteiger partial charge in [0.05, 0.1) is 11.2 Å². The first-order valence-electron chi connectivity index (χ1n) is 43.8. The van der Waals surface area contributed by atoms with E-state index in [0.717, 1.165) is 66.0 Å². The molecule has 7 heterocycles. The third-order valence-electron chi connectivity index (χ3n) is 16.3. The fourth-order valence-corrected chi connectivity index (χ4v) is 13.5. The van der Waals surface area contributed by atoms with Crippen LogP contribution in [0.2, 0.25) is 5.28 Å². The smallest absolute Gasteiger partial charge is 0.456 e. The van der Waals surface area contributed by atoms with Crippen LogP contribution in [0.1, 0.15) is 244 Å². The summed E-state index contributed by atoms with van der Waals surface area (Å²) < 4.78 is 29.3. The molecule has 0 bridgehead atoms. The van der Waals surface area contributed by atoms with Gasteiger partial charge in [-0.2, -0.15) is 4.98 Å². The maximum Gasteiger partial charge on any atom is 0.494 e. The van der Waals surface area contributed by atoms with Gasteiger partial charge in [0, 0.05) is 78.6 Å². The molecule has 1 aliphatic rings. The van der Waals surface area contributed by atoms with Crippen LogP contribution in [0, 0.1) is 27.7 Å². The van der Waals surface area contributed by atoms with Gasteiger partial charge in [-0.05, 0) is 132 Å². The summed E-state index contributed by atoms with van der Waals surface area (Å²) in [6.07, 6.45) is 0. The van der Waals surface area contributed by atoms with Gasteiger partial charge in [-0.3, -0.25) is 0 Å². The summed E-state index contributed by atoms with van der Waals surface area (Å²) in [7, 11) is -0.240. The number of furan rings is 2. The number of rotatable bonds is 4. The molecule has 0 N–H and O–H groups in total. The molecule has 10 nitrogen and oxygen atoms in total. The molecule has 17 rings (SSSR count). The number of nitrogens with zero attached hydrogens (tertiary/aromatic N) is 6. The van der Waals surface area contributed by atoms with Crippen molar-refractivity contribution in [3.05, 3.63) is 259 Å². The van der Waals surface area contributed by atoms with Gasteiger partial charge in [-0.25, -0.2) is 24.9 Å². The summed E-state index contributed by atoms with van der Waals surface area (Å²) in [6.45, 7) is 72.3. The van der Waals surface area contributed by atoms with E-state index in [1.54, 1.807) is 6.92 Å². The Morgan fingerprint density at radius 1 is 0.271 bits per heavy atom. The normalized spacial score (nSPS) is 10.8. The third-order valence-corrected chi connectivity index (χ3v) is 19.1. The molecule has 16 aromatic rings. The lowest BCUT2D eigenvalue weighted by Crippen LogP contribution is -2.41. The van der Waals surface area contributed by atoms with Crippen molar-refractivity contribution >= 4 is 131 Å². The molecule has 0 atom stereocenters. The Kier molecular flexibility index (Phi) is 58.7. The first kappa shape index (κ1) is 111. The highest BCUT2D eigenvalue weighted by atomic mass is 35.5. The highest BCUT2D eigenvalue weighted by Crippen LogP contribution is 2.39. The number of benzene rings is 10. The van der Waals surface area contributed by atoms with Crippen molar-refractivity contribution in [1.82, 2.24) is 29.9 Å². The van der Waals surface area contributed by atoms with Gasteiger partial charge in [-0.1, -0.05) is 376 Å². The molecule has 118 heavy (non-hydrogen) atoms. The Hall–Kier alpha value is -9.47. The third kappa shape index (κ3) is 31.0. The molecule has 14 heteroatoms. The first-order valence-corrected chi connectivity index (χ1v) is 45.8. The molecular weight excluding hydrogens is 1510 g/mol. The van der Waals surface area contributed by atoms with E-state index in [9.17, 15) is 0 Å². The summed E-state index contributed by atoms with van der Waals surface area (Å²) in [5.74, 6) is 3.17. The number of fused-ring (bicyclic) bond motifs is 12. The van der Waals surface area contributed by atoms with Crippen molar-refractivity contribution in [3.8, 4) is 34.2 Å². The molecule has 638 valence electrons. The standard InChI is InChI=1S/C22H15N3O.C16H10ClN3O.2C13H10S.C12H17BO2.14C2H6/c1-14-23-21(15-7-3-2-4-8-15)25-22(24-14)16-11-12-18-17-9-5-6-10-19(17)26-20(18)13-16;1-9-18-15(20-16(17)19-9)10-6-7-12-11-4-2-3-5-13(11)21-14(12)8-10;2*1-9-5-4-7-11-10-6-2-3-8-12(10)14-13(9)11;1-11(2)12(3,4)15-13(14-11)10-8-6-5-7-9-10;14*1-2/h2-13H,1H3;2-8H,1H3;2*2-8H,1H3;5-9H,1-4H3;14*1-2H3. The van der Waals surface area contributed by atoms with E-state index in [4.69, 9.17) is 29.7 Å². The van der Waals surface area contributed by atoms with E-state index < -0.39 is 0 Å². The zero-order valence-electron chi connectivity index (χ0n) is 79.0. The number of hydrogen-bond acceptors (Lipinski definition) is 12. The Morgan fingerprint density at radius 2 is 0.568 bits per heavy atom. The second-order valence-corrected chi connectivity index (χ2v) is 25.5.